The first-order chi connectivity index (χ1) is 18.3. The number of hydrogen-bond acceptors (Lipinski definition) is 4. The minimum absolute atomic E-state index is 0. The number of aryl methyl sites for hydroxylation is 4. The van der Waals surface area contributed by atoms with Crippen LogP contribution in [0.1, 0.15) is 0 Å². The van der Waals surface area contributed by atoms with E-state index in [-0.39, 0.29) is 42.1 Å². The quantitative estimate of drug-likeness (QED) is 0.106. The molecule has 5 aromatic rings. The molecule has 3 heterocycles. The molecule has 0 radical (unpaired) electrons. The Hall–Kier alpha value is -3.47. The molecule has 0 fully saturated rings. The number of hydrogen-bond donors (Lipinski definition) is 0. The Morgan fingerprint density at radius 2 is 1.21 bits per heavy atom. The van der Waals surface area contributed by atoms with Gasteiger partial charge < -0.3 is 0 Å². The van der Waals surface area contributed by atoms with Crippen LogP contribution in [0.15, 0.2) is 137 Å². The molecule has 0 aliphatic rings. The predicted molar refractivity (Wildman–Crippen MR) is 137 cm³/mol. The number of imidazole rings is 1. The summed E-state index contributed by atoms with van der Waals surface area (Å²) in [6, 6.07) is 30.7. The van der Waals surface area contributed by atoms with E-state index >= 15 is 0 Å². The Morgan fingerprint density at radius 1 is 0.590 bits per heavy atom. The topological polar surface area (TPSA) is 66.0 Å². The van der Waals surface area contributed by atoms with Gasteiger partial charge in [-0.15, -0.1) is 24.3 Å². The van der Waals surface area contributed by atoms with Crippen molar-refractivity contribution in [2.24, 2.45) is 20.5 Å². The van der Waals surface area contributed by atoms with Crippen LogP contribution in [0.25, 0.3) is 0 Å². The van der Waals surface area contributed by atoms with Crippen molar-refractivity contribution in [1.29, 1.82) is 0 Å². The van der Waals surface area contributed by atoms with Crippen molar-refractivity contribution in [2.45, 2.75) is 26.2 Å². The van der Waals surface area contributed by atoms with Crippen molar-refractivity contribution in [3.63, 3.8) is 0 Å². The van der Waals surface area contributed by atoms with Gasteiger partial charge in [0.1, 0.15) is 32.0 Å². The summed E-state index contributed by atoms with van der Waals surface area (Å²) in [5, 5.41) is 17.3. The van der Waals surface area contributed by atoms with Gasteiger partial charge in [0, 0.05) is 66.0 Å². The zero-order valence-corrected chi connectivity index (χ0v) is 27.1. The summed E-state index contributed by atoms with van der Waals surface area (Å²) in [5.41, 5.74) is 2.44. The minimum Gasteiger partial charge on any atom is -0.233 e. The van der Waals surface area contributed by atoms with Gasteiger partial charge in [0.05, 0.1) is 17.0 Å². The second-order valence-corrected chi connectivity index (χ2v) is 8.35. The summed E-state index contributed by atoms with van der Waals surface area (Å²) in [4.78, 5) is 0. The maximum absolute atomic E-state index is 4.43. The van der Waals surface area contributed by atoms with Gasteiger partial charge in [-0.2, -0.15) is 46.6 Å². The van der Waals surface area contributed by atoms with Crippen molar-refractivity contribution >= 4 is 22.9 Å². The molecule has 0 atom stereocenters. The summed E-state index contributed by atoms with van der Waals surface area (Å²) >= 11 is 0. The predicted octanol–water partition coefficient (Wildman–Crippen LogP) is 5.18. The molecular weight excluding hydrogens is 828 g/mol. The maximum atomic E-state index is 4.43. The molecule has 2 aromatic carbocycles. The molecule has 0 spiro atoms. The van der Waals surface area contributed by atoms with Gasteiger partial charge in [-0.05, 0) is 11.8 Å². The fourth-order valence-electron chi connectivity index (χ4n) is 3.68. The number of pyridine rings is 2. The summed E-state index contributed by atoms with van der Waals surface area (Å²) in [5.74, 6) is 0.817. The zero-order chi connectivity index (χ0) is 25.1. The molecule has 0 aliphatic heterocycles. The second kappa shape index (κ2) is 15.8. The fourth-order valence-corrected chi connectivity index (χ4v) is 3.68. The standard InChI is InChI=1S/C29H27N8.2W/c1-3-9-26(10-4-1)30-31-28-14-17-34(18-15-28)19-20-35-21-22-36(25-35)23-24-37-16-8-7-13-29(37)33-32-27-11-5-2-6-12-27;;/h3-18,21-22,25H,19-20,23-24H2;;/q+1;;. The molecule has 5 rings (SSSR count). The third-order valence-corrected chi connectivity index (χ3v) is 5.70. The van der Waals surface area contributed by atoms with Crippen molar-refractivity contribution < 1.29 is 55.8 Å². The average molecular weight is 855 g/mol. The van der Waals surface area contributed by atoms with Crippen LogP contribution in [0, 0.1) is 12.1 Å². The van der Waals surface area contributed by atoms with E-state index in [1.165, 1.54) is 0 Å². The van der Waals surface area contributed by atoms with Crippen LogP contribution in [0.5, 0.6) is 0 Å². The summed E-state index contributed by atoms with van der Waals surface area (Å²) in [6.07, 6.45) is 12.4. The molecule has 194 valence electrons. The first-order valence-corrected chi connectivity index (χ1v) is 12.1. The van der Waals surface area contributed by atoms with Gasteiger partial charge in [-0.1, -0.05) is 11.2 Å². The van der Waals surface area contributed by atoms with Gasteiger partial charge in [-0.3, -0.25) is 0 Å². The monoisotopic (exact) mass is 855 g/mol. The van der Waals surface area contributed by atoms with Crippen LogP contribution >= 0.6 is 0 Å². The maximum Gasteiger partial charge on any atom is 0.350 e. The van der Waals surface area contributed by atoms with E-state index in [1.54, 1.807) is 0 Å². The molecule has 3 aromatic heterocycles. The molecule has 10 heteroatoms. The van der Waals surface area contributed by atoms with Crippen LogP contribution in [0.3, 0.4) is 0 Å². The van der Waals surface area contributed by atoms with Gasteiger partial charge in [0.15, 0.2) is 18.9 Å². The van der Waals surface area contributed by atoms with E-state index < -0.39 is 0 Å². The van der Waals surface area contributed by atoms with Crippen LogP contribution in [0.2, 0.25) is 0 Å². The van der Waals surface area contributed by atoms with E-state index in [9.17, 15) is 0 Å². The number of azo groups is 2. The Morgan fingerprint density at radius 3 is 1.87 bits per heavy atom. The van der Waals surface area contributed by atoms with E-state index in [0.717, 1.165) is 49.1 Å². The summed E-state index contributed by atoms with van der Waals surface area (Å²) < 4.78 is 8.62. The first kappa shape index (κ1) is 30.1. The Kier molecular flexibility index (Phi) is 12.2. The summed E-state index contributed by atoms with van der Waals surface area (Å²) in [6.45, 7) is 3.34. The van der Waals surface area contributed by atoms with E-state index in [4.69, 9.17) is 0 Å². The molecule has 0 aliphatic carbocycles. The van der Waals surface area contributed by atoms with Crippen molar-refractivity contribution in [3.05, 3.63) is 128 Å². The Bertz CT molecular complexity index is 1470. The van der Waals surface area contributed by atoms with Gasteiger partial charge >= 0.3 is 5.82 Å². The van der Waals surface area contributed by atoms with Crippen molar-refractivity contribution in [3.8, 4) is 0 Å². The molecule has 39 heavy (non-hydrogen) atoms. The van der Waals surface area contributed by atoms with Gasteiger partial charge in [-0.25, -0.2) is 18.3 Å². The number of nitrogens with zero attached hydrogens (tertiary/aromatic N) is 8. The van der Waals surface area contributed by atoms with E-state index in [0.29, 0.717) is 0 Å². The van der Waals surface area contributed by atoms with Gasteiger partial charge in [0.2, 0.25) is 6.33 Å². The van der Waals surface area contributed by atoms with Crippen LogP contribution < -0.4 is 13.7 Å². The first-order valence-electron chi connectivity index (χ1n) is 12.1. The molecule has 8 nitrogen and oxygen atoms in total. The van der Waals surface area contributed by atoms with Gasteiger partial charge in [0.25, 0.3) is 0 Å². The molecule has 0 saturated carbocycles. The molecule has 0 bridgehead atoms. The zero-order valence-electron chi connectivity index (χ0n) is 21.2. The fraction of sp³-hybridized carbons (Fsp3) is 0.138. The molecule has 0 unspecified atom stereocenters. The third-order valence-electron chi connectivity index (χ3n) is 5.70. The Balaban J connectivity index is 0.00000210. The molecule has 0 saturated heterocycles. The van der Waals surface area contributed by atoms with Crippen molar-refractivity contribution in [2.75, 3.05) is 0 Å². The largest absolute Gasteiger partial charge is 0.350 e. The SMILES string of the molecule is [W].[W].[c-]1ccc(N=Nc2cc[n+](CCn3cc[n+](CC[n+]4ccccc4N=Nc4cc[c-]cc4)c3)cc2)cc1. The smallest absolute Gasteiger partial charge is 0.233 e. The number of benzene rings is 2. The third kappa shape index (κ3) is 9.34. The van der Waals surface area contributed by atoms with Crippen LogP contribution in [0.4, 0.5) is 22.9 Å². The number of aromatic nitrogens is 4. The van der Waals surface area contributed by atoms with Crippen LogP contribution in [-0.4, -0.2) is 4.57 Å². The molecular formula is C29H27N8W2+. The number of rotatable bonds is 10. The van der Waals surface area contributed by atoms with Crippen LogP contribution in [-0.2, 0) is 68.3 Å². The molecule has 0 N–H and O–H groups in total. The average Bonchev–Trinajstić information content (AvgIpc) is 3.43. The molecule has 0 amide bonds. The summed E-state index contributed by atoms with van der Waals surface area (Å²) in [7, 11) is 0. The van der Waals surface area contributed by atoms with E-state index in [2.05, 4.69) is 69.6 Å². The van der Waals surface area contributed by atoms with Crippen molar-refractivity contribution in [1.82, 2.24) is 4.57 Å². The second-order valence-electron chi connectivity index (χ2n) is 8.35. The minimum atomic E-state index is 0. The van der Waals surface area contributed by atoms with E-state index in [1.807, 2.05) is 97.5 Å². The normalized spacial score (nSPS) is 10.9. The Labute approximate surface area is 256 Å².